The summed E-state index contributed by atoms with van der Waals surface area (Å²) in [6.07, 6.45) is 1.83. The molecule has 1 unspecified atom stereocenters. The fraction of sp³-hybridized carbons (Fsp3) is 0.579. The van der Waals surface area contributed by atoms with Gasteiger partial charge in [-0.05, 0) is 23.9 Å². The Morgan fingerprint density at radius 3 is 2.62 bits per heavy atom. The lowest BCUT2D eigenvalue weighted by atomic mass is 10.0. The van der Waals surface area contributed by atoms with Crippen LogP contribution in [0.2, 0.25) is 0 Å². The molecule has 0 aromatic carbocycles. The fourth-order valence-corrected chi connectivity index (χ4v) is 6.78. The highest BCUT2D eigenvalue weighted by Gasteiger charge is 2.41. The van der Waals surface area contributed by atoms with Crippen LogP contribution in [-0.4, -0.2) is 72.6 Å². The van der Waals surface area contributed by atoms with Crippen molar-refractivity contribution in [2.75, 3.05) is 37.8 Å². The van der Waals surface area contributed by atoms with E-state index in [4.69, 9.17) is 9.47 Å². The van der Waals surface area contributed by atoms with Crippen LogP contribution in [0.5, 0.6) is 0 Å². The molecule has 0 saturated carbocycles. The van der Waals surface area contributed by atoms with E-state index in [0.717, 1.165) is 10.6 Å². The van der Waals surface area contributed by atoms with Crippen LogP contribution in [0, 0.1) is 0 Å². The predicted molar refractivity (Wildman–Crippen MR) is 108 cm³/mol. The third-order valence-corrected chi connectivity index (χ3v) is 8.55. The third kappa shape index (κ3) is 3.63. The Kier molecular flexibility index (Phi) is 4.77. The molecule has 5 heterocycles. The van der Waals surface area contributed by atoms with Gasteiger partial charge in [0.1, 0.15) is 0 Å². The molecule has 2 aromatic heterocycles. The van der Waals surface area contributed by atoms with E-state index >= 15 is 0 Å². The van der Waals surface area contributed by atoms with Crippen molar-refractivity contribution in [1.82, 2.24) is 14.7 Å². The van der Waals surface area contributed by atoms with E-state index < -0.39 is 15.6 Å². The molecule has 5 rings (SSSR count). The Morgan fingerprint density at radius 1 is 1.24 bits per heavy atom. The van der Waals surface area contributed by atoms with Gasteiger partial charge in [-0.15, -0.1) is 11.3 Å². The molecule has 8 nitrogen and oxygen atoms in total. The largest absolute Gasteiger partial charge is 0.347 e. The minimum Gasteiger partial charge on any atom is -0.347 e. The van der Waals surface area contributed by atoms with Crippen molar-refractivity contribution >= 4 is 27.1 Å². The average Bonchev–Trinajstić information content (AvgIpc) is 3.48. The summed E-state index contributed by atoms with van der Waals surface area (Å²) in [5.41, 5.74) is 1.17. The second-order valence-electron chi connectivity index (χ2n) is 7.79. The molecule has 1 amide bonds. The monoisotopic (exact) mass is 437 g/mol. The summed E-state index contributed by atoms with van der Waals surface area (Å²) in [4.78, 5) is 15.9. The Bertz CT molecular complexity index is 999. The van der Waals surface area contributed by atoms with Gasteiger partial charge in [-0.3, -0.25) is 9.48 Å². The number of rotatable bonds is 3. The van der Waals surface area contributed by atoms with Crippen LogP contribution < -0.4 is 0 Å². The Morgan fingerprint density at radius 2 is 2.00 bits per heavy atom. The van der Waals surface area contributed by atoms with Crippen molar-refractivity contribution in [2.45, 2.75) is 31.1 Å². The number of carbonyl (C=O) groups is 1. The first-order valence-corrected chi connectivity index (χ1v) is 12.6. The third-order valence-electron chi connectivity index (χ3n) is 5.91. The van der Waals surface area contributed by atoms with E-state index in [2.05, 4.69) is 5.10 Å². The van der Waals surface area contributed by atoms with E-state index in [1.54, 1.807) is 27.0 Å². The summed E-state index contributed by atoms with van der Waals surface area (Å²) in [6, 6.07) is 5.47. The van der Waals surface area contributed by atoms with Gasteiger partial charge in [0, 0.05) is 25.9 Å². The Hall–Kier alpha value is -1.75. The van der Waals surface area contributed by atoms with Gasteiger partial charge in [0.15, 0.2) is 21.3 Å². The highest BCUT2D eigenvalue weighted by atomic mass is 32.2. The smallest absolute Gasteiger partial charge is 0.274 e. The zero-order chi connectivity index (χ0) is 20.1. The Labute approximate surface area is 173 Å². The maximum absolute atomic E-state index is 13.1. The van der Waals surface area contributed by atoms with Gasteiger partial charge in [-0.2, -0.15) is 5.10 Å². The number of ether oxygens (including phenoxy) is 2. The number of likely N-dealkylation sites (tertiary alicyclic amines) is 1. The topological polar surface area (TPSA) is 90.7 Å². The SMILES string of the molecule is O=C(c1cc(-c2cccs2)n(C2CCS(=O)(=O)C2)n1)N1CCC2(CC1)OCCO2. The van der Waals surface area contributed by atoms with Crippen LogP contribution in [0.4, 0.5) is 0 Å². The number of nitrogens with zero attached hydrogens (tertiary/aromatic N) is 3. The lowest BCUT2D eigenvalue weighted by Gasteiger charge is -2.37. The molecule has 1 spiro atoms. The molecular formula is C19H23N3O5S2. The van der Waals surface area contributed by atoms with Gasteiger partial charge in [0.05, 0.1) is 41.3 Å². The Balaban J connectivity index is 1.40. The van der Waals surface area contributed by atoms with Crippen LogP contribution in [0.15, 0.2) is 23.6 Å². The van der Waals surface area contributed by atoms with Crippen LogP contribution >= 0.6 is 11.3 Å². The van der Waals surface area contributed by atoms with Crippen molar-refractivity contribution in [3.63, 3.8) is 0 Å². The van der Waals surface area contributed by atoms with Crippen LogP contribution in [-0.2, 0) is 19.3 Å². The van der Waals surface area contributed by atoms with E-state index in [0.29, 0.717) is 51.3 Å². The lowest BCUT2D eigenvalue weighted by Crippen LogP contribution is -2.47. The number of carbonyl (C=O) groups excluding carboxylic acids is 1. The van der Waals surface area contributed by atoms with E-state index in [1.807, 2.05) is 17.5 Å². The summed E-state index contributed by atoms with van der Waals surface area (Å²) in [5.74, 6) is -0.424. The molecule has 29 heavy (non-hydrogen) atoms. The van der Waals surface area contributed by atoms with Gasteiger partial charge in [-0.1, -0.05) is 6.07 Å². The summed E-state index contributed by atoms with van der Waals surface area (Å²) in [5, 5.41) is 6.55. The van der Waals surface area contributed by atoms with E-state index in [9.17, 15) is 13.2 Å². The first-order valence-electron chi connectivity index (χ1n) is 9.86. The summed E-state index contributed by atoms with van der Waals surface area (Å²) < 4.78 is 37.2. The highest BCUT2D eigenvalue weighted by molar-refractivity contribution is 7.91. The molecule has 3 aliphatic heterocycles. The molecule has 0 aliphatic carbocycles. The molecule has 0 bridgehead atoms. The van der Waals surface area contributed by atoms with Crippen LogP contribution in [0.25, 0.3) is 10.6 Å². The number of thiophene rings is 1. The van der Waals surface area contributed by atoms with Crippen molar-refractivity contribution in [3.8, 4) is 10.6 Å². The molecule has 0 radical (unpaired) electrons. The van der Waals surface area contributed by atoms with Crippen molar-refractivity contribution < 1.29 is 22.7 Å². The van der Waals surface area contributed by atoms with Gasteiger partial charge in [0.25, 0.3) is 5.91 Å². The van der Waals surface area contributed by atoms with E-state index in [1.165, 1.54) is 0 Å². The second-order valence-corrected chi connectivity index (χ2v) is 11.0. The summed E-state index contributed by atoms with van der Waals surface area (Å²) in [7, 11) is -3.05. The second kappa shape index (κ2) is 7.19. The molecular weight excluding hydrogens is 414 g/mol. The van der Waals surface area contributed by atoms with E-state index in [-0.39, 0.29) is 23.5 Å². The quantitative estimate of drug-likeness (QED) is 0.729. The molecule has 3 fully saturated rings. The minimum absolute atomic E-state index is 0.0710. The molecule has 2 aromatic rings. The lowest BCUT2D eigenvalue weighted by molar-refractivity contribution is -0.181. The number of amides is 1. The first-order chi connectivity index (χ1) is 13.9. The number of piperidine rings is 1. The number of hydrogen-bond donors (Lipinski definition) is 0. The molecule has 156 valence electrons. The van der Waals surface area contributed by atoms with Gasteiger partial charge < -0.3 is 14.4 Å². The number of aromatic nitrogens is 2. The molecule has 3 saturated heterocycles. The number of sulfone groups is 1. The standard InChI is InChI=1S/C19H23N3O5S2/c23-18(21-6-4-19(5-7-21)26-8-9-27-19)15-12-16(17-2-1-10-28-17)22(20-15)14-3-11-29(24,25)13-14/h1-2,10,12,14H,3-9,11,13H2. The predicted octanol–water partition coefficient (Wildman–Crippen LogP) is 1.95. The highest BCUT2D eigenvalue weighted by Crippen LogP contribution is 2.34. The van der Waals surface area contributed by atoms with Gasteiger partial charge in [-0.25, -0.2) is 8.42 Å². The molecule has 3 aliphatic rings. The fourth-order valence-electron chi connectivity index (χ4n) is 4.35. The number of hydrogen-bond acceptors (Lipinski definition) is 7. The van der Waals surface area contributed by atoms with Crippen molar-refractivity contribution in [3.05, 3.63) is 29.3 Å². The van der Waals surface area contributed by atoms with Gasteiger partial charge in [0.2, 0.25) is 0 Å². The normalized spacial score (nSPS) is 25.7. The average molecular weight is 438 g/mol. The molecule has 10 heteroatoms. The van der Waals surface area contributed by atoms with Crippen LogP contribution in [0.1, 0.15) is 35.8 Å². The maximum Gasteiger partial charge on any atom is 0.274 e. The summed E-state index contributed by atoms with van der Waals surface area (Å²) >= 11 is 1.55. The molecule has 1 atom stereocenters. The molecule has 0 N–H and O–H groups in total. The maximum atomic E-state index is 13.1. The zero-order valence-electron chi connectivity index (χ0n) is 16.0. The van der Waals surface area contributed by atoms with Crippen molar-refractivity contribution in [1.29, 1.82) is 0 Å². The minimum atomic E-state index is -3.05. The first kappa shape index (κ1) is 19.2. The van der Waals surface area contributed by atoms with Crippen LogP contribution in [0.3, 0.4) is 0 Å². The van der Waals surface area contributed by atoms with Gasteiger partial charge >= 0.3 is 0 Å². The zero-order valence-corrected chi connectivity index (χ0v) is 17.6. The summed E-state index contributed by atoms with van der Waals surface area (Å²) in [6.45, 7) is 2.31. The van der Waals surface area contributed by atoms with Crippen molar-refractivity contribution in [2.24, 2.45) is 0 Å².